The second-order valence-electron chi connectivity index (χ2n) is 20.3. The smallest absolute Gasteiger partial charge is 0.305 e. The summed E-state index contributed by atoms with van der Waals surface area (Å²) in [7, 11) is 0. The fourth-order valence-electron chi connectivity index (χ4n) is 9.16. The number of aliphatic hydroxyl groups excluding tert-OH is 2. The van der Waals surface area contributed by atoms with Crippen LogP contribution in [0.2, 0.25) is 0 Å². The van der Waals surface area contributed by atoms with Gasteiger partial charge in [0, 0.05) is 12.8 Å². The molecule has 2 unspecified atom stereocenters. The maximum atomic E-state index is 12.5. The number of nitrogens with one attached hydrogen (secondary N) is 1. The van der Waals surface area contributed by atoms with E-state index in [9.17, 15) is 19.8 Å². The number of hydrogen-bond acceptors (Lipinski definition) is 5. The largest absolute Gasteiger partial charge is 0.466 e. The lowest BCUT2D eigenvalue weighted by Gasteiger charge is -2.20. The van der Waals surface area contributed by atoms with Crippen LogP contribution in [-0.4, -0.2) is 47.4 Å². The van der Waals surface area contributed by atoms with Crippen molar-refractivity contribution in [3.05, 3.63) is 24.3 Å². The molecule has 6 nitrogen and oxygen atoms in total. The first-order valence-electron chi connectivity index (χ1n) is 29.6. The van der Waals surface area contributed by atoms with Gasteiger partial charge in [0.15, 0.2) is 0 Å². The predicted molar refractivity (Wildman–Crippen MR) is 287 cm³/mol. The summed E-state index contributed by atoms with van der Waals surface area (Å²) in [5, 5.41) is 23.1. The van der Waals surface area contributed by atoms with Crippen LogP contribution in [0.4, 0.5) is 0 Å². The van der Waals surface area contributed by atoms with E-state index < -0.39 is 12.1 Å². The fraction of sp³-hybridized carbons (Fsp3) is 0.900. The number of esters is 1. The molecule has 0 saturated heterocycles. The van der Waals surface area contributed by atoms with E-state index in [1.165, 1.54) is 218 Å². The zero-order valence-electron chi connectivity index (χ0n) is 44.4. The number of aliphatic hydroxyl groups is 2. The highest BCUT2D eigenvalue weighted by molar-refractivity contribution is 5.76. The minimum Gasteiger partial charge on any atom is -0.466 e. The second-order valence-corrected chi connectivity index (χ2v) is 20.3. The van der Waals surface area contributed by atoms with Gasteiger partial charge in [-0.3, -0.25) is 9.59 Å². The predicted octanol–water partition coefficient (Wildman–Crippen LogP) is 18.2. The Morgan fingerprint density at radius 1 is 0.409 bits per heavy atom. The van der Waals surface area contributed by atoms with Gasteiger partial charge in [-0.2, -0.15) is 0 Å². The van der Waals surface area contributed by atoms with Crippen LogP contribution in [-0.2, 0) is 14.3 Å². The molecule has 0 aliphatic rings. The SMILES string of the molecule is CCCCCCCCCCCCCCCCCCCCC/C=C/C(O)C(CO)NC(=O)CCCCCC/C=C\CCCCOC(=O)CCCCCCCCCCCCCCCCCCCC. The van der Waals surface area contributed by atoms with Gasteiger partial charge in [0.25, 0.3) is 0 Å². The molecular weight excluding hydrogens is 815 g/mol. The normalized spacial score (nSPS) is 12.7. The standard InChI is InChI=1S/C60H115NO5/c1-3-5-7-9-11-13-15-17-19-21-23-24-25-26-28-30-32-36-40-44-48-52-58(63)57(56-62)61-59(64)53-49-45-41-37-34-35-39-43-47-51-55-66-60(65)54-50-46-42-38-33-31-29-27-22-20-18-16-14-12-10-8-6-4-2/h35,39,48,52,57-58,62-63H,3-34,36-38,40-47,49-51,53-56H2,1-2H3,(H,61,64)/b39-35-,52-48+. The Bertz CT molecular complexity index is 1030. The van der Waals surface area contributed by atoms with Gasteiger partial charge in [-0.25, -0.2) is 0 Å². The van der Waals surface area contributed by atoms with Crippen LogP contribution in [0.5, 0.6) is 0 Å². The van der Waals surface area contributed by atoms with Crippen LogP contribution in [0.15, 0.2) is 24.3 Å². The molecule has 0 heterocycles. The van der Waals surface area contributed by atoms with Crippen LogP contribution in [0.3, 0.4) is 0 Å². The molecule has 3 N–H and O–H groups in total. The van der Waals surface area contributed by atoms with Gasteiger partial charge in [0.2, 0.25) is 5.91 Å². The molecule has 66 heavy (non-hydrogen) atoms. The number of carbonyl (C=O) groups is 2. The molecule has 0 bridgehead atoms. The lowest BCUT2D eigenvalue weighted by molar-refractivity contribution is -0.143. The summed E-state index contributed by atoms with van der Waals surface area (Å²) in [6, 6.07) is -0.653. The molecule has 0 rings (SSSR count). The topological polar surface area (TPSA) is 95.9 Å². The van der Waals surface area contributed by atoms with E-state index in [4.69, 9.17) is 4.74 Å². The highest BCUT2D eigenvalue weighted by Crippen LogP contribution is 2.17. The summed E-state index contributed by atoms with van der Waals surface area (Å²) in [6.45, 7) is 4.84. The van der Waals surface area contributed by atoms with Gasteiger partial charge >= 0.3 is 5.97 Å². The lowest BCUT2D eigenvalue weighted by Crippen LogP contribution is -2.45. The first-order chi connectivity index (χ1) is 32.5. The third kappa shape index (κ3) is 51.7. The summed E-state index contributed by atoms with van der Waals surface area (Å²) >= 11 is 0. The van der Waals surface area contributed by atoms with Crippen molar-refractivity contribution in [1.82, 2.24) is 5.32 Å². The molecule has 0 aliphatic heterocycles. The first-order valence-corrected chi connectivity index (χ1v) is 29.6. The maximum Gasteiger partial charge on any atom is 0.305 e. The van der Waals surface area contributed by atoms with Gasteiger partial charge in [-0.15, -0.1) is 0 Å². The van der Waals surface area contributed by atoms with Crippen molar-refractivity contribution in [3.63, 3.8) is 0 Å². The number of ether oxygens (including phenoxy) is 1. The summed E-state index contributed by atoms with van der Waals surface area (Å²) in [5.74, 6) is -0.134. The second kappa shape index (κ2) is 55.9. The third-order valence-corrected chi connectivity index (χ3v) is 13.7. The van der Waals surface area contributed by atoms with Crippen LogP contribution in [0.25, 0.3) is 0 Å². The molecule has 0 spiro atoms. The van der Waals surface area contributed by atoms with E-state index >= 15 is 0 Å². The minimum atomic E-state index is -0.866. The summed E-state index contributed by atoms with van der Waals surface area (Å²) < 4.78 is 5.45. The zero-order chi connectivity index (χ0) is 47.9. The zero-order valence-corrected chi connectivity index (χ0v) is 44.4. The number of unbranched alkanes of at least 4 members (excludes halogenated alkanes) is 42. The monoisotopic (exact) mass is 930 g/mol. The van der Waals surface area contributed by atoms with Crippen LogP contribution < -0.4 is 5.32 Å². The molecule has 1 amide bonds. The van der Waals surface area contributed by atoms with Gasteiger partial charge in [-0.05, 0) is 57.8 Å². The third-order valence-electron chi connectivity index (χ3n) is 13.7. The van der Waals surface area contributed by atoms with Crippen molar-refractivity contribution in [3.8, 4) is 0 Å². The fourth-order valence-corrected chi connectivity index (χ4v) is 9.16. The van der Waals surface area contributed by atoms with Crippen molar-refractivity contribution in [2.45, 2.75) is 334 Å². The van der Waals surface area contributed by atoms with E-state index in [1.54, 1.807) is 6.08 Å². The van der Waals surface area contributed by atoms with E-state index in [1.807, 2.05) is 6.08 Å². The van der Waals surface area contributed by atoms with E-state index in [0.29, 0.717) is 19.4 Å². The Morgan fingerprint density at radius 3 is 1.08 bits per heavy atom. The number of amides is 1. The van der Waals surface area contributed by atoms with Gasteiger partial charge in [0.1, 0.15) is 0 Å². The Balaban J connectivity index is 3.52. The Morgan fingerprint density at radius 2 is 0.712 bits per heavy atom. The van der Waals surface area contributed by atoms with Gasteiger partial charge < -0.3 is 20.3 Å². The maximum absolute atomic E-state index is 12.5. The number of carbonyl (C=O) groups excluding carboxylic acids is 2. The average Bonchev–Trinajstić information content (AvgIpc) is 3.32. The molecular formula is C60H115NO5. The van der Waals surface area contributed by atoms with Crippen LogP contribution in [0.1, 0.15) is 322 Å². The van der Waals surface area contributed by atoms with Crippen molar-refractivity contribution >= 4 is 11.9 Å². The number of hydrogen-bond donors (Lipinski definition) is 3. The van der Waals surface area contributed by atoms with Gasteiger partial charge in [0.05, 0.1) is 25.4 Å². The molecule has 0 fully saturated rings. The van der Waals surface area contributed by atoms with Crippen molar-refractivity contribution in [2.24, 2.45) is 0 Å². The molecule has 0 aromatic carbocycles. The van der Waals surface area contributed by atoms with E-state index in [-0.39, 0.29) is 18.5 Å². The van der Waals surface area contributed by atoms with Crippen LogP contribution >= 0.6 is 0 Å². The van der Waals surface area contributed by atoms with E-state index in [2.05, 4.69) is 31.3 Å². The summed E-state index contributed by atoms with van der Waals surface area (Å²) in [4.78, 5) is 24.6. The Labute approximate surface area is 411 Å². The molecule has 390 valence electrons. The summed E-state index contributed by atoms with van der Waals surface area (Å²) in [5.41, 5.74) is 0. The molecule has 0 saturated carbocycles. The Kier molecular flexibility index (Phi) is 54.5. The minimum absolute atomic E-state index is 0.0334. The highest BCUT2D eigenvalue weighted by Gasteiger charge is 2.18. The molecule has 2 atom stereocenters. The van der Waals surface area contributed by atoms with Crippen molar-refractivity contribution < 1.29 is 24.5 Å². The van der Waals surface area contributed by atoms with E-state index in [0.717, 1.165) is 77.0 Å². The van der Waals surface area contributed by atoms with Crippen molar-refractivity contribution in [1.29, 1.82) is 0 Å². The number of rotatable bonds is 55. The lowest BCUT2D eigenvalue weighted by atomic mass is 10.0. The highest BCUT2D eigenvalue weighted by atomic mass is 16.5. The molecule has 0 aliphatic carbocycles. The molecule has 0 radical (unpaired) electrons. The first kappa shape index (κ1) is 64.3. The van der Waals surface area contributed by atoms with Crippen LogP contribution in [0, 0.1) is 0 Å². The van der Waals surface area contributed by atoms with Crippen molar-refractivity contribution in [2.75, 3.05) is 13.2 Å². The summed E-state index contributed by atoms with van der Waals surface area (Å²) in [6.07, 6.45) is 67.8. The Hall–Kier alpha value is -1.66. The molecule has 6 heteroatoms. The molecule has 0 aromatic heterocycles. The average molecular weight is 931 g/mol. The quantitative estimate of drug-likeness (QED) is 0.0321. The molecule has 0 aromatic rings. The van der Waals surface area contributed by atoms with Gasteiger partial charge in [-0.1, -0.05) is 276 Å². The number of allylic oxidation sites excluding steroid dienone is 3.